The van der Waals surface area contributed by atoms with Gasteiger partial charge in [-0.15, -0.1) is 13.2 Å². The highest BCUT2D eigenvalue weighted by Crippen LogP contribution is 2.20. The molecule has 0 aliphatic heterocycles. The zero-order valence-corrected chi connectivity index (χ0v) is 10.1. The van der Waals surface area contributed by atoms with E-state index in [0.29, 0.717) is 0 Å². The molecule has 0 unspecified atom stereocenters. The van der Waals surface area contributed by atoms with Crippen LogP contribution in [0.25, 0.3) is 0 Å². The van der Waals surface area contributed by atoms with Gasteiger partial charge in [-0.25, -0.2) is 9.59 Å². The van der Waals surface area contributed by atoms with Crippen molar-refractivity contribution >= 4 is 33.1 Å². The molecule has 0 saturated carbocycles. The smallest absolute Gasteiger partial charge is 0.472 e. The minimum atomic E-state index is -3.36. The van der Waals surface area contributed by atoms with Gasteiger partial charge in [0.1, 0.15) is 0 Å². The third kappa shape index (κ3) is 5.02. The molecule has 0 aliphatic carbocycles. The van der Waals surface area contributed by atoms with E-state index in [1.807, 2.05) is 0 Å². The summed E-state index contributed by atoms with van der Waals surface area (Å²) in [6.45, 7) is 6.87. The highest BCUT2D eigenvalue weighted by molar-refractivity contribution is 6.73. The van der Waals surface area contributed by atoms with Gasteiger partial charge in [0, 0.05) is 12.1 Å². The zero-order chi connectivity index (χ0) is 13.3. The Hall–Kier alpha value is -2.02. The van der Waals surface area contributed by atoms with Gasteiger partial charge >= 0.3 is 20.5 Å². The van der Waals surface area contributed by atoms with Crippen molar-refractivity contribution in [2.24, 2.45) is 0 Å². The van der Waals surface area contributed by atoms with E-state index in [0.717, 1.165) is 0 Å². The average Bonchev–Trinajstić information content (AvgIpc) is 2.29. The van der Waals surface area contributed by atoms with Crippen molar-refractivity contribution in [2.45, 2.75) is 12.1 Å². The van der Waals surface area contributed by atoms with Crippen molar-refractivity contribution in [1.29, 1.82) is 0 Å². The highest BCUT2D eigenvalue weighted by atomic mass is 28.4. The molecule has 17 heavy (non-hydrogen) atoms. The van der Waals surface area contributed by atoms with Crippen LogP contribution in [0.5, 0.6) is 0 Å². The van der Waals surface area contributed by atoms with Crippen LogP contribution >= 0.6 is 0 Å². The lowest BCUT2D eigenvalue weighted by molar-refractivity contribution is -0.147. The number of hydrogen-bond donors (Lipinski definition) is 0. The van der Waals surface area contributed by atoms with Crippen LogP contribution in [0.1, 0.15) is 0 Å². The quantitative estimate of drug-likeness (QED) is 0.268. The van der Waals surface area contributed by atoms with Gasteiger partial charge in [0.2, 0.25) is 12.6 Å². The fourth-order valence-corrected chi connectivity index (χ4v) is 3.38. The van der Waals surface area contributed by atoms with E-state index in [2.05, 4.69) is 13.2 Å². The molecule has 0 aromatic carbocycles. The summed E-state index contributed by atoms with van der Waals surface area (Å²) < 4.78 is 9.66. The van der Waals surface area contributed by atoms with Gasteiger partial charge in [-0.05, 0) is 0 Å². The van der Waals surface area contributed by atoms with Crippen LogP contribution in [0.3, 0.4) is 0 Å². The second-order valence-corrected chi connectivity index (χ2v) is 6.02. The van der Waals surface area contributed by atoms with Crippen LogP contribution in [-0.4, -0.2) is 33.1 Å². The fraction of sp³-hybridized carbons (Fsp3) is 0.200. The first kappa shape index (κ1) is 15.0. The van der Waals surface area contributed by atoms with Gasteiger partial charge in [-0.3, -0.25) is 9.59 Å². The molecule has 0 aromatic heterocycles. The summed E-state index contributed by atoms with van der Waals surface area (Å²) in [7, 11) is -3.36. The first-order valence-corrected chi connectivity index (χ1v) is 6.84. The lowest BCUT2D eigenvalue weighted by Gasteiger charge is -2.25. The molecule has 6 nitrogen and oxygen atoms in total. The second kappa shape index (κ2) is 7.28. The van der Waals surface area contributed by atoms with Crippen molar-refractivity contribution in [3.05, 3.63) is 25.3 Å². The summed E-state index contributed by atoms with van der Waals surface area (Å²) >= 11 is 0. The molecule has 0 aromatic rings. The average molecular weight is 256 g/mol. The molecule has 0 radical (unpaired) electrons. The number of carbonyl (C=O) groups is 4. The number of aldehydes is 2. The minimum absolute atomic E-state index is 0.0390. The SMILES string of the molecule is C=CC[Si](CC=C)(OC(=O)C=O)OC(=O)C=O. The number of hydrogen-bond acceptors (Lipinski definition) is 6. The normalized spacial score (nSPS) is 9.88. The summed E-state index contributed by atoms with van der Waals surface area (Å²) in [6, 6.07) is 0.135. The van der Waals surface area contributed by atoms with Crippen LogP contribution < -0.4 is 0 Å². The van der Waals surface area contributed by atoms with E-state index < -0.39 is 20.5 Å². The Bertz CT molecular complexity index is 315. The Morgan fingerprint density at radius 3 is 1.53 bits per heavy atom. The first-order valence-electron chi connectivity index (χ1n) is 4.61. The molecule has 0 heterocycles. The maximum Gasteiger partial charge on any atom is 0.472 e. The van der Waals surface area contributed by atoms with E-state index in [4.69, 9.17) is 8.85 Å². The van der Waals surface area contributed by atoms with Crippen molar-refractivity contribution in [1.82, 2.24) is 0 Å². The van der Waals surface area contributed by atoms with Crippen LogP contribution in [-0.2, 0) is 28.0 Å². The Balaban J connectivity index is 5.07. The Morgan fingerprint density at radius 2 is 1.29 bits per heavy atom. The molecule has 0 bridgehead atoms. The van der Waals surface area contributed by atoms with E-state index >= 15 is 0 Å². The first-order chi connectivity index (χ1) is 8.03. The Labute approximate surface area is 99.1 Å². The molecule has 0 saturated heterocycles. The number of allylic oxidation sites excluding steroid dienone is 2. The van der Waals surface area contributed by atoms with Crippen molar-refractivity contribution in [3.63, 3.8) is 0 Å². The highest BCUT2D eigenvalue weighted by Gasteiger charge is 2.42. The minimum Gasteiger partial charge on any atom is -0.479 e. The van der Waals surface area contributed by atoms with Crippen LogP contribution in [0, 0.1) is 0 Å². The van der Waals surface area contributed by atoms with Gasteiger partial charge in [-0.2, -0.15) is 0 Å². The van der Waals surface area contributed by atoms with E-state index in [1.165, 1.54) is 12.2 Å². The summed E-state index contributed by atoms with van der Waals surface area (Å²) in [4.78, 5) is 42.4. The lowest BCUT2D eigenvalue weighted by atomic mass is 10.7. The van der Waals surface area contributed by atoms with Crippen LogP contribution in [0.4, 0.5) is 0 Å². The zero-order valence-electron chi connectivity index (χ0n) is 9.09. The predicted octanol–water partition coefficient (Wildman–Crippen LogP) is 0.285. The number of carbonyl (C=O) groups excluding carboxylic acids is 4. The Morgan fingerprint density at radius 1 is 0.941 bits per heavy atom. The maximum absolute atomic E-state index is 10.9. The van der Waals surface area contributed by atoms with Gasteiger partial charge in [0.05, 0.1) is 0 Å². The molecular weight excluding hydrogens is 244 g/mol. The second-order valence-electron chi connectivity index (χ2n) is 2.97. The summed E-state index contributed by atoms with van der Waals surface area (Å²) in [5.74, 6) is -2.31. The predicted molar refractivity (Wildman–Crippen MR) is 60.1 cm³/mol. The van der Waals surface area contributed by atoms with Crippen molar-refractivity contribution in [3.8, 4) is 0 Å². The molecule has 7 heteroatoms. The molecule has 0 atom stereocenters. The van der Waals surface area contributed by atoms with Crippen molar-refractivity contribution < 1.29 is 28.0 Å². The van der Waals surface area contributed by atoms with Gasteiger partial charge in [-0.1, -0.05) is 12.2 Å². The van der Waals surface area contributed by atoms with E-state index in [9.17, 15) is 19.2 Å². The number of rotatable bonds is 8. The third-order valence-corrected chi connectivity index (χ3v) is 4.64. The Kier molecular flexibility index (Phi) is 6.42. The summed E-state index contributed by atoms with van der Waals surface area (Å²) in [5.41, 5.74) is 0. The third-order valence-electron chi connectivity index (χ3n) is 1.68. The summed E-state index contributed by atoms with van der Waals surface area (Å²) in [5, 5.41) is 0. The van der Waals surface area contributed by atoms with E-state index in [1.54, 1.807) is 0 Å². The molecule has 0 aliphatic rings. The van der Waals surface area contributed by atoms with Crippen molar-refractivity contribution in [2.75, 3.05) is 0 Å². The lowest BCUT2D eigenvalue weighted by Crippen LogP contribution is -2.45. The maximum atomic E-state index is 10.9. The molecule has 0 rings (SSSR count). The van der Waals surface area contributed by atoms with Gasteiger partial charge in [0.15, 0.2) is 0 Å². The molecule has 0 spiro atoms. The van der Waals surface area contributed by atoms with E-state index in [-0.39, 0.29) is 24.7 Å². The van der Waals surface area contributed by atoms with Crippen LogP contribution in [0.2, 0.25) is 12.1 Å². The largest absolute Gasteiger partial charge is 0.479 e. The molecule has 92 valence electrons. The monoisotopic (exact) mass is 256 g/mol. The fourth-order valence-electron chi connectivity index (χ4n) is 1.13. The molecule has 0 amide bonds. The van der Waals surface area contributed by atoms with Gasteiger partial charge in [0.25, 0.3) is 0 Å². The molecular formula is C10H12O6Si. The summed E-state index contributed by atoms with van der Waals surface area (Å²) in [6.07, 6.45) is 2.68. The standard InChI is InChI=1S/C10H12O6Si/c1-3-5-17(6-4-2,15-9(13)7-11)16-10(14)8-12/h3-4,7-8H,1-2,5-6H2. The van der Waals surface area contributed by atoms with Gasteiger partial charge < -0.3 is 8.85 Å². The molecule has 0 fully saturated rings. The molecule has 0 N–H and O–H groups in total. The topological polar surface area (TPSA) is 86.7 Å². The van der Waals surface area contributed by atoms with Crippen LogP contribution in [0.15, 0.2) is 25.3 Å².